The van der Waals surface area contributed by atoms with E-state index in [1.54, 1.807) is 24.3 Å². The highest BCUT2D eigenvalue weighted by atomic mass is 35.5. The predicted molar refractivity (Wildman–Crippen MR) is 84.6 cm³/mol. The number of hydrogen-bond acceptors (Lipinski definition) is 3. The molecule has 0 fully saturated rings. The number of rotatable bonds is 2. The number of benzene rings is 2. The van der Waals surface area contributed by atoms with E-state index in [2.05, 4.69) is 16.0 Å². The highest BCUT2D eigenvalue weighted by Gasteiger charge is 2.21. The van der Waals surface area contributed by atoms with E-state index in [1.807, 2.05) is 0 Å². The number of carbonyl (C=O) groups is 2. The molecule has 0 atom stereocenters. The maximum absolute atomic E-state index is 13.6. The second kappa shape index (κ2) is 6.13. The molecule has 2 aromatic rings. The van der Waals surface area contributed by atoms with Crippen LogP contribution in [-0.4, -0.2) is 18.5 Å². The van der Waals surface area contributed by atoms with E-state index in [1.165, 1.54) is 0 Å². The van der Waals surface area contributed by atoms with E-state index in [4.69, 9.17) is 16.3 Å². The lowest BCUT2D eigenvalue weighted by molar-refractivity contribution is -0.118. The van der Waals surface area contributed by atoms with Crippen LogP contribution in [0.5, 0.6) is 5.75 Å². The molecule has 23 heavy (non-hydrogen) atoms. The van der Waals surface area contributed by atoms with Gasteiger partial charge in [-0.25, -0.2) is 9.18 Å². The largest absolute Gasteiger partial charge is 0.479 e. The zero-order valence-corrected chi connectivity index (χ0v) is 12.4. The van der Waals surface area contributed by atoms with Crippen molar-refractivity contribution >= 4 is 40.6 Å². The fourth-order valence-corrected chi connectivity index (χ4v) is 2.20. The van der Waals surface area contributed by atoms with Crippen molar-refractivity contribution in [3.8, 4) is 5.75 Å². The Kier molecular flexibility index (Phi) is 4.03. The summed E-state index contributed by atoms with van der Waals surface area (Å²) in [4.78, 5) is 23.3. The molecule has 3 N–H and O–H groups in total. The normalized spacial score (nSPS) is 12.7. The van der Waals surface area contributed by atoms with Crippen molar-refractivity contribution in [3.05, 3.63) is 47.2 Å². The predicted octanol–water partition coefficient (Wildman–Crippen LogP) is 3.45. The van der Waals surface area contributed by atoms with E-state index in [0.717, 1.165) is 12.1 Å². The second-order valence-electron chi connectivity index (χ2n) is 4.75. The van der Waals surface area contributed by atoms with Crippen molar-refractivity contribution < 1.29 is 18.7 Å². The van der Waals surface area contributed by atoms with Gasteiger partial charge < -0.3 is 20.7 Å². The average Bonchev–Trinajstić information content (AvgIpc) is 2.49. The van der Waals surface area contributed by atoms with Crippen LogP contribution < -0.4 is 20.7 Å². The van der Waals surface area contributed by atoms with Gasteiger partial charge in [0.1, 0.15) is 5.82 Å². The molecular formula is C15H11ClFN3O3. The molecule has 0 radical (unpaired) electrons. The van der Waals surface area contributed by atoms with Gasteiger partial charge in [-0.05, 0) is 24.3 Å². The standard InChI is InChI=1S/C15H11ClFN3O3/c16-8-1-3-10(4-2-8)18-15(22)20-12-6-9(17)5-11-14(12)23-7-13(21)19-11/h1-6H,7H2,(H,19,21)(H2,18,20,22). The molecule has 1 heterocycles. The van der Waals surface area contributed by atoms with Crippen LogP contribution in [0.2, 0.25) is 5.02 Å². The molecule has 1 aliphatic heterocycles. The minimum absolute atomic E-state index is 0.117. The van der Waals surface area contributed by atoms with Crippen LogP contribution in [-0.2, 0) is 4.79 Å². The minimum atomic E-state index is -0.614. The van der Waals surface area contributed by atoms with E-state index in [9.17, 15) is 14.0 Å². The van der Waals surface area contributed by atoms with E-state index >= 15 is 0 Å². The molecule has 0 spiro atoms. The average molecular weight is 336 g/mol. The highest BCUT2D eigenvalue weighted by molar-refractivity contribution is 6.30. The van der Waals surface area contributed by atoms with E-state index < -0.39 is 11.8 Å². The van der Waals surface area contributed by atoms with Crippen LogP contribution in [0.25, 0.3) is 0 Å². The van der Waals surface area contributed by atoms with Gasteiger partial charge in [0.25, 0.3) is 5.91 Å². The maximum Gasteiger partial charge on any atom is 0.323 e. The molecule has 0 saturated carbocycles. The topological polar surface area (TPSA) is 79.5 Å². The number of carbonyl (C=O) groups excluding carboxylic acids is 2. The molecule has 3 amide bonds. The van der Waals surface area contributed by atoms with Gasteiger partial charge in [0.15, 0.2) is 12.4 Å². The number of nitrogens with one attached hydrogen (secondary N) is 3. The van der Waals surface area contributed by atoms with Gasteiger partial charge in [0, 0.05) is 22.8 Å². The number of amides is 3. The monoisotopic (exact) mass is 335 g/mol. The summed E-state index contributed by atoms with van der Waals surface area (Å²) < 4.78 is 18.9. The molecule has 0 unspecified atom stereocenters. The summed E-state index contributed by atoms with van der Waals surface area (Å²) in [5.74, 6) is -0.798. The molecular weight excluding hydrogens is 325 g/mol. The third kappa shape index (κ3) is 3.51. The smallest absolute Gasteiger partial charge is 0.323 e. The first-order chi connectivity index (χ1) is 11.0. The summed E-state index contributed by atoms with van der Waals surface area (Å²) in [5.41, 5.74) is 0.806. The summed E-state index contributed by atoms with van der Waals surface area (Å²) in [7, 11) is 0. The Hall–Kier alpha value is -2.80. The summed E-state index contributed by atoms with van der Waals surface area (Å²) >= 11 is 5.77. The van der Waals surface area contributed by atoms with Crippen LogP contribution in [0.15, 0.2) is 36.4 Å². The zero-order chi connectivity index (χ0) is 16.4. The van der Waals surface area contributed by atoms with Gasteiger partial charge in [-0.3, -0.25) is 4.79 Å². The molecule has 0 saturated heterocycles. The second-order valence-corrected chi connectivity index (χ2v) is 5.19. The van der Waals surface area contributed by atoms with Crippen LogP contribution in [0, 0.1) is 5.82 Å². The SMILES string of the molecule is O=C1COc2c(cc(F)cc2NC(=O)Nc2ccc(Cl)cc2)N1. The van der Waals surface area contributed by atoms with Crippen molar-refractivity contribution in [2.75, 3.05) is 22.6 Å². The van der Waals surface area contributed by atoms with Crippen molar-refractivity contribution in [2.24, 2.45) is 0 Å². The van der Waals surface area contributed by atoms with Crippen molar-refractivity contribution in [2.45, 2.75) is 0 Å². The van der Waals surface area contributed by atoms with Gasteiger partial charge in [0.05, 0.1) is 11.4 Å². The first-order valence-corrected chi connectivity index (χ1v) is 6.99. The Labute approximate surface area is 135 Å². The number of ether oxygens (including phenoxy) is 1. The zero-order valence-electron chi connectivity index (χ0n) is 11.7. The minimum Gasteiger partial charge on any atom is -0.479 e. The highest BCUT2D eigenvalue weighted by Crippen LogP contribution is 2.36. The molecule has 2 aromatic carbocycles. The lowest BCUT2D eigenvalue weighted by atomic mass is 10.2. The van der Waals surface area contributed by atoms with Crippen LogP contribution >= 0.6 is 11.6 Å². The first-order valence-electron chi connectivity index (χ1n) is 6.61. The van der Waals surface area contributed by atoms with Crippen molar-refractivity contribution in [3.63, 3.8) is 0 Å². The molecule has 0 aromatic heterocycles. The number of halogens is 2. The number of hydrogen-bond donors (Lipinski definition) is 3. The molecule has 8 heteroatoms. The van der Waals surface area contributed by atoms with Crippen molar-refractivity contribution in [1.29, 1.82) is 0 Å². The van der Waals surface area contributed by atoms with Gasteiger partial charge in [0.2, 0.25) is 0 Å². The van der Waals surface area contributed by atoms with Gasteiger partial charge >= 0.3 is 6.03 Å². The molecule has 1 aliphatic rings. The molecule has 3 rings (SSSR count). The Morgan fingerprint density at radius 3 is 2.70 bits per heavy atom. The molecule has 6 nitrogen and oxygen atoms in total. The van der Waals surface area contributed by atoms with Gasteiger partial charge in [-0.1, -0.05) is 11.6 Å². The fraction of sp³-hybridized carbons (Fsp3) is 0.0667. The third-order valence-electron chi connectivity index (χ3n) is 3.03. The van der Waals surface area contributed by atoms with E-state index in [-0.39, 0.29) is 29.6 Å². The summed E-state index contributed by atoms with van der Waals surface area (Å²) in [6, 6.07) is 8.14. The third-order valence-corrected chi connectivity index (χ3v) is 3.28. The molecule has 0 bridgehead atoms. The van der Waals surface area contributed by atoms with Gasteiger partial charge in [-0.2, -0.15) is 0 Å². The fourth-order valence-electron chi connectivity index (χ4n) is 2.08. The number of urea groups is 1. The Balaban J connectivity index is 1.78. The summed E-state index contributed by atoms with van der Waals surface area (Å²) in [5, 5.41) is 8.09. The maximum atomic E-state index is 13.6. The first kappa shape index (κ1) is 15.1. The molecule has 118 valence electrons. The summed E-state index contributed by atoms with van der Waals surface area (Å²) in [6.45, 7) is -0.202. The summed E-state index contributed by atoms with van der Waals surface area (Å²) in [6.07, 6.45) is 0. The van der Waals surface area contributed by atoms with Crippen LogP contribution in [0.4, 0.5) is 26.2 Å². The number of fused-ring (bicyclic) bond motifs is 1. The Bertz CT molecular complexity index is 780. The van der Waals surface area contributed by atoms with E-state index in [0.29, 0.717) is 10.7 Å². The lowest BCUT2D eigenvalue weighted by Gasteiger charge is -2.21. The Morgan fingerprint density at radius 2 is 1.96 bits per heavy atom. The van der Waals surface area contributed by atoms with Gasteiger partial charge in [-0.15, -0.1) is 0 Å². The molecule has 0 aliphatic carbocycles. The van der Waals surface area contributed by atoms with Crippen LogP contribution in [0.3, 0.4) is 0 Å². The lowest BCUT2D eigenvalue weighted by Crippen LogP contribution is -2.27. The van der Waals surface area contributed by atoms with Crippen LogP contribution in [0.1, 0.15) is 0 Å². The van der Waals surface area contributed by atoms with Crippen molar-refractivity contribution in [1.82, 2.24) is 0 Å². The quantitative estimate of drug-likeness (QED) is 0.786. The Morgan fingerprint density at radius 1 is 1.22 bits per heavy atom. The number of anilines is 3.